The Hall–Kier alpha value is -1.45. The molecule has 0 unspecified atom stereocenters. The van der Waals surface area contributed by atoms with Gasteiger partial charge in [0.2, 0.25) is 0 Å². The molecular formula is C16H18Cl2N2O. The summed E-state index contributed by atoms with van der Waals surface area (Å²) in [5.41, 5.74) is 1.69. The highest BCUT2D eigenvalue weighted by Crippen LogP contribution is 2.23. The number of aromatic nitrogens is 1. The van der Waals surface area contributed by atoms with Crippen LogP contribution in [0.1, 0.15) is 24.6 Å². The SMILES string of the molecule is CCCNc1ccc(Cl)c(COc2ccc(Cl)c(C)c2)n1. The Bertz CT molecular complexity index is 617. The molecule has 0 fully saturated rings. The Morgan fingerprint density at radius 3 is 2.62 bits per heavy atom. The predicted molar refractivity (Wildman–Crippen MR) is 88.5 cm³/mol. The molecular weight excluding hydrogens is 307 g/mol. The van der Waals surface area contributed by atoms with E-state index in [0.717, 1.165) is 35.1 Å². The van der Waals surface area contributed by atoms with E-state index in [1.165, 1.54) is 0 Å². The van der Waals surface area contributed by atoms with Crippen molar-refractivity contribution < 1.29 is 4.74 Å². The van der Waals surface area contributed by atoms with Crippen LogP contribution in [0.5, 0.6) is 5.75 Å². The summed E-state index contributed by atoms with van der Waals surface area (Å²) in [5.74, 6) is 1.56. The fourth-order valence-corrected chi connectivity index (χ4v) is 2.07. The third-order valence-corrected chi connectivity index (χ3v) is 3.75. The minimum atomic E-state index is 0.321. The third-order valence-electron chi connectivity index (χ3n) is 2.98. The molecule has 0 aliphatic rings. The van der Waals surface area contributed by atoms with Crippen molar-refractivity contribution in [2.45, 2.75) is 26.9 Å². The van der Waals surface area contributed by atoms with Crippen molar-refractivity contribution in [1.29, 1.82) is 0 Å². The van der Waals surface area contributed by atoms with Crippen LogP contribution in [-0.4, -0.2) is 11.5 Å². The van der Waals surface area contributed by atoms with E-state index in [0.29, 0.717) is 17.3 Å². The number of rotatable bonds is 6. The van der Waals surface area contributed by atoms with E-state index in [-0.39, 0.29) is 0 Å². The van der Waals surface area contributed by atoms with Gasteiger partial charge in [-0.3, -0.25) is 0 Å². The first-order valence-corrected chi connectivity index (χ1v) is 7.64. The normalized spacial score (nSPS) is 10.5. The van der Waals surface area contributed by atoms with Crippen molar-refractivity contribution in [2.24, 2.45) is 0 Å². The molecule has 2 aromatic rings. The summed E-state index contributed by atoms with van der Waals surface area (Å²) < 4.78 is 5.73. The average molecular weight is 325 g/mol. The number of hydrogen-bond donors (Lipinski definition) is 1. The van der Waals surface area contributed by atoms with Gasteiger partial charge in [0.1, 0.15) is 18.2 Å². The first-order chi connectivity index (χ1) is 10.1. The van der Waals surface area contributed by atoms with Crippen molar-refractivity contribution in [3.8, 4) is 5.75 Å². The van der Waals surface area contributed by atoms with Crippen LogP contribution in [0.3, 0.4) is 0 Å². The molecule has 0 aliphatic carbocycles. The minimum absolute atomic E-state index is 0.321. The molecule has 0 saturated carbocycles. The van der Waals surface area contributed by atoms with Gasteiger partial charge in [0.05, 0.1) is 10.7 Å². The van der Waals surface area contributed by atoms with Crippen molar-refractivity contribution in [1.82, 2.24) is 4.98 Å². The Morgan fingerprint density at radius 2 is 1.90 bits per heavy atom. The molecule has 1 aromatic carbocycles. The van der Waals surface area contributed by atoms with Crippen molar-refractivity contribution in [2.75, 3.05) is 11.9 Å². The van der Waals surface area contributed by atoms with Gasteiger partial charge in [0.25, 0.3) is 0 Å². The van der Waals surface area contributed by atoms with Crippen LogP contribution < -0.4 is 10.1 Å². The van der Waals surface area contributed by atoms with Crippen LogP contribution in [0.2, 0.25) is 10.0 Å². The lowest BCUT2D eigenvalue weighted by Crippen LogP contribution is -2.05. The van der Waals surface area contributed by atoms with E-state index < -0.39 is 0 Å². The molecule has 112 valence electrons. The second kappa shape index (κ2) is 7.53. The van der Waals surface area contributed by atoms with Gasteiger partial charge in [-0.1, -0.05) is 30.1 Å². The zero-order valence-electron chi connectivity index (χ0n) is 12.1. The highest BCUT2D eigenvalue weighted by atomic mass is 35.5. The van der Waals surface area contributed by atoms with Gasteiger partial charge in [0.15, 0.2) is 0 Å². The predicted octanol–water partition coefficient (Wildman–Crippen LogP) is 5.10. The summed E-state index contributed by atoms with van der Waals surface area (Å²) in [6.07, 6.45) is 1.04. The van der Waals surface area contributed by atoms with Crippen LogP contribution in [0, 0.1) is 6.92 Å². The molecule has 0 amide bonds. The number of nitrogens with one attached hydrogen (secondary N) is 1. The highest BCUT2D eigenvalue weighted by molar-refractivity contribution is 6.31. The van der Waals surface area contributed by atoms with Crippen LogP contribution >= 0.6 is 23.2 Å². The van der Waals surface area contributed by atoms with Gasteiger partial charge >= 0.3 is 0 Å². The molecule has 1 N–H and O–H groups in total. The summed E-state index contributed by atoms with van der Waals surface area (Å²) in [4.78, 5) is 4.47. The van der Waals surface area contributed by atoms with E-state index in [9.17, 15) is 0 Å². The number of pyridine rings is 1. The number of nitrogens with zero attached hydrogens (tertiary/aromatic N) is 1. The molecule has 0 aliphatic heterocycles. The summed E-state index contributed by atoms with van der Waals surface area (Å²) in [6, 6.07) is 9.25. The van der Waals surface area contributed by atoms with Crippen molar-refractivity contribution in [3.05, 3.63) is 51.6 Å². The quantitative estimate of drug-likeness (QED) is 0.802. The summed E-state index contributed by atoms with van der Waals surface area (Å²) >= 11 is 12.2. The topological polar surface area (TPSA) is 34.1 Å². The van der Waals surface area contributed by atoms with E-state index >= 15 is 0 Å². The smallest absolute Gasteiger partial charge is 0.132 e. The molecule has 0 atom stereocenters. The van der Waals surface area contributed by atoms with Gasteiger partial charge in [-0.2, -0.15) is 0 Å². The van der Waals surface area contributed by atoms with Gasteiger partial charge in [0, 0.05) is 11.6 Å². The van der Waals surface area contributed by atoms with Crippen LogP contribution in [-0.2, 0) is 6.61 Å². The Balaban J connectivity index is 2.06. The van der Waals surface area contributed by atoms with Crippen molar-refractivity contribution in [3.63, 3.8) is 0 Å². The summed E-state index contributed by atoms with van der Waals surface area (Å²) in [6.45, 7) is 5.25. The maximum atomic E-state index is 6.16. The van der Waals surface area contributed by atoms with Gasteiger partial charge < -0.3 is 10.1 Å². The average Bonchev–Trinajstić information content (AvgIpc) is 2.48. The third kappa shape index (κ3) is 4.51. The standard InChI is InChI=1S/C16H18Cl2N2O/c1-3-8-19-16-7-6-14(18)15(20-16)10-21-12-4-5-13(17)11(2)9-12/h4-7,9H,3,8,10H2,1-2H3,(H,19,20). The molecule has 0 bridgehead atoms. The Kier molecular flexibility index (Phi) is 5.71. The van der Waals surface area contributed by atoms with Crippen LogP contribution in [0.25, 0.3) is 0 Å². The molecule has 21 heavy (non-hydrogen) atoms. The number of benzene rings is 1. The fraction of sp³-hybridized carbons (Fsp3) is 0.312. The maximum Gasteiger partial charge on any atom is 0.132 e. The number of halogens is 2. The second-order valence-electron chi connectivity index (χ2n) is 4.75. The molecule has 0 radical (unpaired) electrons. The first-order valence-electron chi connectivity index (χ1n) is 6.88. The van der Waals surface area contributed by atoms with Crippen LogP contribution in [0.4, 0.5) is 5.82 Å². The molecule has 0 spiro atoms. The zero-order chi connectivity index (χ0) is 15.2. The van der Waals surface area contributed by atoms with Crippen molar-refractivity contribution >= 4 is 29.0 Å². The molecule has 0 saturated heterocycles. The minimum Gasteiger partial charge on any atom is -0.487 e. The number of anilines is 1. The molecule has 1 aromatic heterocycles. The lowest BCUT2D eigenvalue weighted by Gasteiger charge is -2.10. The largest absolute Gasteiger partial charge is 0.487 e. The van der Waals surface area contributed by atoms with E-state index in [4.69, 9.17) is 27.9 Å². The Labute approximate surface area is 135 Å². The number of aryl methyl sites for hydroxylation is 1. The highest BCUT2D eigenvalue weighted by Gasteiger charge is 2.06. The fourth-order valence-electron chi connectivity index (χ4n) is 1.80. The van der Waals surface area contributed by atoms with Gasteiger partial charge in [-0.05, 0) is 49.2 Å². The number of hydrogen-bond acceptors (Lipinski definition) is 3. The summed E-state index contributed by atoms with van der Waals surface area (Å²) in [7, 11) is 0. The van der Waals surface area contributed by atoms with E-state index in [1.54, 1.807) is 0 Å². The molecule has 1 heterocycles. The van der Waals surface area contributed by atoms with Gasteiger partial charge in [-0.15, -0.1) is 0 Å². The lowest BCUT2D eigenvalue weighted by molar-refractivity contribution is 0.301. The van der Waals surface area contributed by atoms with E-state index in [1.807, 2.05) is 37.3 Å². The van der Waals surface area contributed by atoms with Gasteiger partial charge in [-0.25, -0.2) is 4.98 Å². The maximum absolute atomic E-state index is 6.16. The Morgan fingerprint density at radius 1 is 1.14 bits per heavy atom. The number of ether oxygens (including phenoxy) is 1. The first kappa shape index (κ1) is 15.9. The van der Waals surface area contributed by atoms with E-state index in [2.05, 4.69) is 17.2 Å². The van der Waals surface area contributed by atoms with Crippen LogP contribution in [0.15, 0.2) is 30.3 Å². The zero-order valence-corrected chi connectivity index (χ0v) is 13.6. The second-order valence-corrected chi connectivity index (χ2v) is 5.57. The molecule has 3 nitrogen and oxygen atoms in total. The lowest BCUT2D eigenvalue weighted by atomic mass is 10.2. The monoisotopic (exact) mass is 324 g/mol. The summed E-state index contributed by atoms with van der Waals surface area (Å²) in [5, 5.41) is 4.56. The molecule has 2 rings (SSSR count). The molecule has 5 heteroatoms.